The molecule has 1 aliphatic rings. The highest BCUT2D eigenvalue weighted by molar-refractivity contribution is 7.99. The first-order chi connectivity index (χ1) is 14.2. The molecule has 0 atom stereocenters. The van der Waals surface area contributed by atoms with Crippen molar-refractivity contribution in [3.05, 3.63) is 47.9 Å². The minimum atomic E-state index is -0.175. The van der Waals surface area contributed by atoms with Gasteiger partial charge in [0.25, 0.3) is 0 Å². The number of anilines is 1. The zero-order valence-electron chi connectivity index (χ0n) is 16.4. The van der Waals surface area contributed by atoms with E-state index in [2.05, 4.69) is 25.6 Å². The topological polar surface area (TPSA) is 89.1 Å². The molecular weight excluding hydrogens is 388 g/mol. The number of rotatable bonds is 7. The molecule has 1 fully saturated rings. The van der Waals surface area contributed by atoms with Crippen LogP contribution in [-0.4, -0.2) is 49.6 Å². The van der Waals surface area contributed by atoms with Crippen LogP contribution in [0.1, 0.15) is 30.8 Å². The quantitative estimate of drug-likeness (QED) is 0.596. The summed E-state index contributed by atoms with van der Waals surface area (Å²) in [5.41, 5.74) is 1.72. The summed E-state index contributed by atoms with van der Waals surface area (Å²) in [6, 6.07) is 11.7. The molecule has 2 aromatic heterocycles. The van der Waals surface area contributed by atoms with Crippen molar-refractivity contribution in [1.82, 2.24) is 24.8 Å². The molecule has 8 nitrogen and oxygen atoms in total. The molecule has 0 aliphatic carbocycles. The number of benzene rings is 1. The number of para-hydroxylation sites is 1. The summed E-state index contributed by atoms with van der Waals surface area (Å²) in [6.45, 7) is 4.73. The van der Waals surface area contributed by atoms with E-state index < -0.39 is 0 Å². The molecule has 1 amide bonds. The highest BCUT2D eigenvalue weighted by Gasteiger charge is 2.19. The summed E-state index contributed by atoms with van der Waals surface area (Å²) in [5.74, 6) is 1.27. The molecule has 3 heterocycles. The van der Waals surface area contributed by atoms with Crippen LogP contribution in [0.25, 0.3) is 5.69 Å². The molecule has 1 aromatic carbocycles. The number of nitrogens with one attached hydrogen (secondary N) is 1. The predicted octanol–water partition coefficient (Wildman–Crippen LogP) is 3.28. The Morgan fingerprint density at radius 1 is 1.17 bits per heavy atom. The van der Waals surface area contributed by atoms with Gasteiger partial charge in [0, 0.05) is 11.8 Å². The van der Waals surface area contributed by atoms with Gasteiger partial charge in [0.05, 0.1) is 18.0 Å². The Kier molecular flexibility index (Phi) is 6.26. The number of thioether (sulfide) groups is 1. The number of amides is 1. The summed E-state index contributed by atoms with van der Waals surface area (Å²) in [4.78, 5) is 14.7. The van der Waals surface area contributed by atoms with Gasteiger partial charge in [-0.05, 0) is 45.0 Å². The van der Waals surface area contributed by atoms with E-state index in [9.17, 15) is 4.79 Å². The van der Waals surface area contributed by atoms with Crippen molar-refractivity contribution in [3.63, 3.8) is 0 Å². The molecule has 9 heteroatoms. The Bertz CT molecular complexity index is 949. The van der Waals surface area contributed by atoms with Gasteiger partial charge in [0.15, 0.2) is 11.0 Å². The van der Waals surface area contributed by atoms with Crippen LogP contribution >= 0.6 is 11.8 Å². The molecule has 0 radical (unpaired) electrons. The van der Waals surface area contributed by atoms with Crippen molar-refractivity contribution in [2.75, 3.05) is 24.2 Å². The Labute approximate surface area is 173 Å². The summed E-state index contributed by atoms with van der Waals surface area (Å²) in [5, 5.41) is 16.0. The number of nitrogens with zero attached hydrogens (tertiary/aromatic N) is 5. The van der Waals surface area contributed by atoms with Crippen molar-refractivity contribution in [2.24, 2.45) is 0 Å². The third-order valence-electron chi connectivity index (χ3n) is 4.75. The first kappa shape index (κ1) is 19.7. The number of carbonyl (C=O) groups is 1. The van der Waals surface area contributed by atoms with Gasteiger partial charge in [-0.3, -0.25) is 19.6 Å². The number of aryl methyl sites for hydroxylation is 1. The van der Waals surface area contributed by atoms with Crippen LogP contribution in [-0.2, 0) is 11.3 Å². The maximum absolute atomic E-state index is 12.3. The SMILES string of the molecule is Cc1cc(NC(=O)CSc2nnc(CN3CCCCC3)n2-c2ccccc2)on1. The number of piperidine rings is 1. The highest BCUT2D eigenvalue weighted by atomic mass is 32.2. The fraction of sp³-hybridized carbons (Fsp3) is 0.400. The normalized spacial score (nSPS) is 14.8. The third-order valence-corrected chi connectivity index (χ3v) is 5.68. The highest BCUT2D eigenvalue weighted by Crippen LogP contribution is 2.24. The van der Waals surface area contributed by atoms with Crippen molar-refractivity contribution in [2.45, 2.75) is 37.9 Å². The number of aromatic nitrogens is 4. The molecule has 0 saturated carbocycles. The molecule has 4 rings (SSSR count). The van der Waals surface area contributed by atoms with E-state index in [0.717, 1.165) is 36.8 Å². The second kappa shape index (κ2) is 9.23. The van der Waals surface area contributed by atoms with E-state index in [1.165, 1.54) is 31.0 Å². The van der Waals surface area contributed by atoms with Gasteiger partial charge in [0.1, 0.15) is 0 Å². The van der Waals surface area contributed by atoms with E-state index in [1.54, 1.807) is 13.0 Å². The molecule has 0 bridgehead atoms. The van der Waals surface area contributed by atoms with Crippen LogP contribution in [0.2, 0.25) is 0 Å². The maximum Gasteiger partial charge on any atom is 0.237 e. The molecule has 152 valence electrons. The molecule has 3 aromatic rings. The largest absolute Gasteiger partial charge is 0.338 e. The third kappa shape index (κ3) is 5.04. The molecule has 1 saturated heterocycles. The first-order valence-electron chi connectivity index (χ1n) is 9.77. The van der Waals surface area contributed by atoms with Crippen LogP contribution in [0.3, 0.4) is 0 Å². The average molecular weight is 413 g/mol. The predicted molar refractivity (Wildman–Crippen MR) is 111 cm³/mol. The number of likely N-dealkylation sites (tertiary alicyclic amines) is 1. The van der Waals surface area contributed by atoms with Crippen molar-refractivity contribution in [3.8, 4) is 5.69 Å². The summed E-state index contributed by atoms with van der Waals surface area (Å²) >= 11 is 1.36. The van der Waals surface area contributed by atoms with Crippen LogP contribution in [0.15, 0.2) is 46.1 Å². The molecule has 0 spiro atoms. The fourth-order valence-electron chi connectivity index (χ4n) is 3.38. The average Bonchev–Trinajstić information content (AvgIpc) is 3.33. The maximum atomic E-state index is 12.3. The van der Waals surface area contributed by atoms with E-state index in [-0.39, 0.29) is 11.7 Å². The monoisotopic (exact) mass is 412 g/mol. The van der Waals surface area contributed by atoms with Crippen molar-refractivity contribution >= 4 is 23.6 Å². The van der Waals surface area contributed by atoms with Gasteiger partial charge >= 0.3 is 0 Å². The van der Waals surface area contributed by atoms with Gasteiger partial charge < -0.3 is 4.52 Å². The minimum Gasteiger partial charge on any atom is -0.338 e. The van der Waals surface area contributed by atoms with Gasteiger partial charge in [-0.15, -0.1) is 10.2 Å². The lowest BCUT2D eigenvalue weighted by Crippen LogP contribution is -2.30. The van der Waals surface area contributed by atoms with Crippen LogP contribution in [0.4, 0.5) is 5.88 Å². The second-order valence-corrected chi connectivity index (χ2v) is 8.02. The van der Waals surface area contributed by atoms with E-state index in [1.807, 2.05) is 34.9 Å². The Morgan fingerprint density at radius 3 is 2.69 bits per heavy atom. The lowest BCUT2D eigenvalue weighted by atomic mass is 10.1. The number of hydrogen-bond acceptors (Lipinski definition) is 7. The molecule has 0 unspecified atom stereocenters. The number of hydrogen-bond donors (Lipinski definition) is 1. The Balaban J connectivity index is 1.49. The zero-order valence-corrected chi connectivity index (χ0v) is 17.2. The van der Waals surface area contributed by atoms with Crippen molar-refractivity contribution < 1.29 is 9.32 Å². The van der Waals surface area contributed by atoms with Crippen LogP contribution < -0.4 is 5.32 Å². The van der Waals surface area contributed by atoms with Crippen LogP contribution in [0, 0.1) is 6.92 Å². The lowest BCUT2D eigenvalue weighted by molar-refractivity contribution is -0.113. The second-order valence-electron chi connectivity index (χ2n) is 7.08. The molecule has 1 aliphatic heterocycles. The van der Waals surface area contributed by atoms with E-state index in [0.29, 0.717) is 11.0 Å². The van der Waals surface area contributed by atoms with Gasteiger partial charge in [-0.2, -0.15) is 0 Å². The minimum absolute atomic E-state index is 0.175. The van der Waals surface area contributed by atoms with Gasteiger partial charge in [0.2, 0.25) is 11.8 Å². The van der Waals surface area contributed by atoms with Gasteiger partial charge in [-0.1, -0.05) is 41.5 Å². The Morgan fingerprint density at radius 2 is 1.97 bits per heavy atom. The summed E-state index contributed by atoms with van der Waals surface area (Å²) < 4.78 is 7.09. The molecular formula is C20H24N6O2S. The summed E-state index contributed by atoms with van der Waals surface area (Å²) in [6.07, 6.45) is 3.74. The molecule has 1 N–H and O–H groups in total. The first-order valence-corrected chi connectivity index (χ1v) is 10.8. The Hall–Kier alpha value is -2.65. The summed E-state index contributed by atoms with van der Waals surface area (Å²) in [7, 11) is 0. The number of carbonyl (C=O) groups excluding carboxylic acids is 1. The van der Waals surface area contributed by atoms with Crippen LogP contribution in [0.5, 0.6) is 0 Å². The lowest BCUT2D eigenvalue weighted by Gasteiger charge is -2.26. The fourth-order valence-corrected chi connectivity index (χ4v) is 4.15. The smallest absolute Gasteiger partial charge is 0.237 e. The standard InChI is InChI=1S/C20H24N6O2S/c1-15-12-19(28-24-15)21-18(27)14-29-20-23-22-17(13-25-10-6-3-7-11-25)26(20)16-8-4-2-5-9-16/h2,4-5,8-9,12H,3,6-7,10-11,13-14H2,1H3,(H,21,27). The van der Waals surface area contributed by atoms with Crippen molar-refractivity contribution in [1.29, 1.82) is 0 Å². The van der Waals surface area contributed by atoms with E-state index in [4.69, 9.17) is 4.52 Å². The van der Waals surface area contributed by atoms with Gasteiger partial charge in [-0.25, -0.2) is 0 Å². The molecule has 29 heavy (non-hydrogen) atoms. The van der Waals surface area contributed by atoms with E-state index >= 15 is 0 Å². The zero-order chi connectivity index (χ0) is 20.1.